The van der Waals surface area contributed by atoms with Crippen LogP contribution in [0, 0.1) is 0 Å². The van der Waals surface area contributed by atoms with Crippen LogP contribution in [0.2, 0.25) is 0 Å². The molecule has 0 saturated heterocycles. The summed E-state index contributed by atoms with van der Waals surface area (Å²) in [5.74, 6) is 0. The molecule has 0 spiro atoms. The fraction of sp³-hybridized carbons (Fsp3) is 0. The first-order valence-corrected chi connectivity index (χ1v) is 11.1. The minimum atomic E-state index is 0.873. The molecule has 0 aliphatic carbocycles. The van der Waals surface area contributed by atoms with Crippen molar-refractivity contribution >= 4 is 55.1 Å². The molecule has 0 unspecified atom stereocenters. The van der Waals surface area contributed by atoms with Gasteiger partial charge < -0.3 is 14.3 Å². The smallest absolute Gasteiger partial charge is 0.158 e. The van der Waals surface area contributed by atoms with Crippen LogP contribution in [0.3, 0.4) is 0 Å². The van der Waals surface area contributed by atoms with Gasteiger partial charge in [-0.05, 0) is 36.4 Å². The minimum Gasteiger partial charge on any atom is -0.454 e. The SMILES string of the molecule is c1ccc(-n2c3ccccc3c3cccc(Nc4cccc5c4oc4ccccc45)c32)cc1. The standard InChI is InChI=1S/C30H20N2O/c1-2-10-20(11-3-1)32-27-18-6-4-12-21(27)23-14-8-16-25(29(23)32)31-26-17-9-15-24-22-13-5-7-19-28(22)33-30(24)26/h1-19,31H. The molecule has 0 aliphatic heterocycles. The zero-order valence-electron chi connectivity index (χ0n) is 17.8. The van der Waals surface area contributed by atoms with E-state index in [1.165, 1.54) is 16.3 Å². The molecule has 0 saturated carbocycles. The molecule has 156 valence electrons. The predicted octanol–water partition coefficient (Wildman–Crippen LogP) is 8.43. The maximum Gasteiger partial charge on any atom is 0.158 e. The monoisotopic (exact) mass is 424 g/mol. The number of rotatable bonds is 3. The Labute approximate surface area is 190 Å². The van der Waals surface area contributed by atoms with Crippen LogP contribution in [0.1, 0.15) is 0 Å². The number of para-hydroxylation sites is 5. The zero-order chi connectivity index (χ0) is 21.8. The summed E-state index contributed by atoms with van der Waals surface area (Å²) in [6, 6.07) is 40.1. The summed E-state index contributed by atoms with van der Waals surface area (Å²) in [6.45, 7) is 0. The Bertz CT molecular complexity index is 1790. The fourth-order valence-electron chi connectivity index (χ4n) is 4.96. The van der Waals surface area contributed by atoms with E-state index in [0.29, 0.717) is 0 Å². The van der Waals surface area contributed by atoms with Gasteiger partial charge in [0, 0.05) is 27.2 Å². The number of anilines is 2. The molecule has 33 heavy (non-hydrogen) atoms. The van der Waals surface area contributed by atoms with Crippen molar-refractivity contribution in [2.45, 2.75) is 0 Å². The Kier molecular flexibility index (Phi) is 3.84. The average molecular weight is 425 g/mol. The maximum absolute atomic E-state index is 6.27. The molecule has 0 bridgehead atoms. The van der Waals surface area contributed by atoms with Gasteiger partial charge in [0.25, 0.3) is 0 Å². The number of nitrogens with one attached hydrogen (secondary N) is 1. The first-order chi connectivity index (χ1) is 16.4. The summed E-state index contributed by atoms with van der Waals surface area (Å²) >= 11 is 0. The van der Waals surface area contributed by atoms with Crippen LogP contribution in [0.25, 0.3) is 49.4 Å². The van der Waals surface area contributed by atoms with Crippen molar-refractivity contribution in [3.63, 3.8) is 0 Å². The first kappa shape index (κ1) is 18.1. The number of benzene rings is 5. The van der Waals surface area contributed by atoms with E-state index in [4.69, 9.17) is 4.42 Å². The highest BCUT2D eigenvalue weighted by molar-refractivity contribution is 6.15. The van der Waals surface area contributed by atoms with Crippen LogP contribution < -0.4 is 5.32 Å². The summed E-state index contributed by atoms with van der Waals surface area (Å²) in [5, 5.41) is 8.41. The third-order valence-corrected chi connectivity index (χ3v) is 6.38. The van der Waals surface area contributed by atoms with Gasteiger partial charge in [-0.2, -0.15) is 0 Å². The summed E-state index contributed by atoms with van der Waals surface area (Å²) in [6.07, 6.45) is 0. The lowest BCUT2D eigenvalue weighted by molar-refractivity contribution is 0.670. The zero-order valence-corrected chi connectivity index (χ0v) is 17.8. The number of nitrogens with zero attached hydrogens (tertiary/aromatic N) is 1. The largest absolute Gasteiger partial charge is 0.454 e. The Hall–Kier alpha value is -4.50. The van der Waals surface area contributed by atoms with E-state index in [1.807, 2.05) is 12.1 Å². The number of fused-ring (bicyclic) bond motifs is 6. The molecule has 1 N–H and O–H groups in total. The lowest BCUT2D eigenvalue weighted by atomic mass is 10.1. The van der Waals surface area contributed by atoms with Crippen LogP contribution >= 0.6 is 0 Å². The van der Waals surface area contributed by atoms with Gasteiger partial charge in [-0.3, -0.25) is 0 Å². The van der Waals surface area contributed by atoms with E-state index in [-0.39, 0.29) is 0 Å². The van der Waals surface area contributed by atoms with E-state index in [2.05, 4.69) is 113 Å². The first-order valence-electron chi connectivity index (χ1n) is 11.1. The Morgan fingerprint density at radius 1 is 0.515 bits per heavy atom. The molecule has 5 aromatic carbocycles. The molecule has 0 amide bonds. The molecular formula is C30H20N2O. The molecule has 7 rings (SSSR count). The number of hydrogen-bond donors (Lipinski definition) is 1. The van der Waals surface area contributed by atoms with Crippen LogP contribution in [-0.2, 0) is 0 Å². The Morgan fingerprint density at radius 2 is 1.18 bits per heavy atom. The summed E-state index contributed by atoms with van der Waals surface area (Å²) in [5.41, 5.74) is 7.26. The topological polar surface area (TPSA) is 30.1 Å². The fourth-order valence-corrected chi connectivity index (χ4v) is 4.96. The quantitative estimate of drug-likeness (QED) is 0.308. The highest BCUT2D eigenvalue weighted by Crippen LogP contribution is 2.39. The highest BCUT2D eigenvalue weighted by Gasteiger charge is 2.17. The minimum absolute atomic E-state index is 0.873. The van der Waals surface area contributed by atoms with Gasteiger partial charge >= 0.3 is 0 Å². The van der Waals surface area contributed by atoms with Gasteiger partial charge in [-0.1, -0.05) is 78.9 Å². The third kappa shape index (κ3) is 2.69. The molecular weight excluding hydrogens is 404 g/mol. The van der Waals surface area contributed by atoms with Crippen molar-refractivity contribution in [2.75, 3.05) is 5.32 Å². The van der Waals surface area contributed by atoms with E-state index < -0.39 is 0 Å². The van der Waals surface area contributed by atoms with Crippen LogP contribution in [0.15, 0.2) is 120 Å². The molecule has 0 atom stereocenters. The van der Waals surface area contributed by atoms with Crippen molar-refractivity contribution in [1.82, 2.24) is 4.57 Å². The lowest BCUT2D eigenvalue weighted by Gasteiger charge is -2.13. The second-order valence-corrected chi connectivity index (χ2v) is 8.30. The molecule has 0 aliphatic rings. The lowest BCUT2D eigenvalue weighted by Crippen LogP contribution is -1.98. The van der Waals surface area contributed by atoms with E-state index >= 15 is 0 Å². The van der Waals surface area contributed by atoms with Gasteiger partial charge in [-0.15, -0.1) is 0 Å². The van der Waals surface area contributed by atoms with Crippen LogP contribution in [0.5, 0.6) is 0 Å². The van der Waals surface area contributed by atoms with Gasteiger partial charge in [0.1, 0.15) is 5.58 Å². The van der Waals surface area contributed by atoms with Crippen molar-refractivity contribution in [2.24, 2.45) is 0 Å². The van der Waals surface area contributed by atoms with Crippen LogP contribution in [-0.4, -0.2) is 4.57 Å². The molecule has 0 radical (unpaired) electrons. The predicted molar refractivity (Wildman–Crippen MR) is 138 cm³/mol. The molecule has 3 nitrogen and oxygen atoms in total. The van der Waals surface area contributed by atoms with E-state index in [9.17, 15) is 0 Å². The van der Waals surface area contributed by atoms with Gasteiger partial charge in [0.2, 0.25) is 0 Å². The van der Waals surface area contributed by atoms with Gasteiger partial charge in [0.15, 0.2) is 5.58 Å². The van der Waals surface area contributed by atoms with Gasteiger partial charge in [0.05, 0.1) is 22.4 Å². The molecule has 7 aromatic rings. The molecule has 0 fully saturated rings. The summed E-state index contributed by atoms with van der Waals surface area (Å²) in [4.78, 5) is 0. The normalized spacial score (nSPS) is 11.6. The van der Waals surface area contributed by atoms with Crippen molar-refractivity contribution in [3.05, 3.63) is 115 Å². The summed E-state index contributed by atoms with van der Waals surface area (Å²) in [7, 11) is 0. The number of hydrogen-bond acceptors (Lipinski definition) is 2. The van der Waals surface area contributed by atoms with Crippen molar-refractivity contribution in [1.29, 1.82) is 0 Å². The average Bonchev–Trinajstić information content (AvgIpc) is 3.42. The van der Waals surface area contributed by atoms with Crippen molar-refractivity contribution in [3.8, 4) is 5.69 Å². The molecule has 2 heterocycles. The molecule has 3 heteroatoms. The van der Waals surface area contributed by atoms with Gasteiger partial charge in [-0.25, -0.2) is 0 Å². The Morgan fingerprint density at radius 3 is 2.06 bits per heavy atom. The summed E-state index contributed by atoms with van der Waals surface area (Å²) < 4.78 is 8.61. The van der Waals surface area contributed by atoms with E-state index in [1.54, 1.807) is 0 Å². The van der Waals surface area contributed by atoms with Crippen molar-refractivity contribution < 1.29 is 4.42 Å². The second-order valence-electron chi connectivity index (χ2n) is 8.30. The maximum atomic E-state index is 6.27. The number of aromatic nitrogens is 1. The Balaban J connectivity index is 1.51. The van der Waals surface area contributed by atoms with E-state index in [0.717, 1.165) is 44.5 Å². The number of furan rings is 1. The second kappa shape index (κ2) is 7.01. The third-order valence-electron chi connectivity index (χ3n) is 6.38. The van der Waals surface area contributed by atoms with Crippen LogP contribution in [0.4, 0.5) is 11.4 Å². The highest BCUT2D eigenvalue weighted by atomic mass is 16.3. The molecule has 2 aromatic heterocycles.